The normalized spacial score (nSPS) is 13.6. The van der Waals surface area contributed by atoms with Crippen LogP contribution in [0.15, 0.2) is 24.5 Å². The van der Waals surface area contributed by atoms with E-state index >= 15 is 0 Å². The summed E-state index contributed by atoms with van der Waals surface area (Å²) in [6.07, 6.45) is 57.7. The first-order valence-corrected chi connectivity index (χ1v) is 28.6. The Morgan fingerprint density at radius 1 is 0.492 bits per heavy atom. The van der Waals surface area contributed by atoms with Gasteiger partial charge < -0.3 is 18.9 Å². The van der Waals surface area contributed by atoms with E-state index in [0.29, 0.717) is 17.4 Å². The lowest BCUT2D eigenvalue weighted by Crippen LogP contribution is -2.37. The van der Waals surface area contributed by atoms with Crippen molar-refractivity contribution in [2.75, 3.05) is 47.5 Å². The predicted molar refractivity (Wildman–Crippen MR) is 270 cm³/mol. The van der Waals surface area contributed by atoms with Gasteiger partial charge in [0.25, 0.3) is 0 Å². The van der Waals surface area contributed by atoms with E-state index in [1.54, 1.807) is 6.26 Å². The third-order valence-electron chi connectivity index (χ3n) is 12.1. The number of rotatable bonds is 51. The Balaban J connectivity index is 4.14. The molecule has 0 aromatic heterocycles. The minimum absolute atomic E-state index is 0.0411. The van der Waals surface area contributed by atoms with Crippen LogP contribution in [0.1, 0.15) is 264 Å². The zero-order chi connectivity index (χ0) is 46.2. The lowest BCUT2D eigenvalue weighted by Gasteiger charge is -2.24. The molecule has 1 N–H and O–H groups in total. The largest absolute Gasteiger partial charge is 0.498 e. The SMILES string of the molecule is CCCCCCCCCCCCCCCCCC/C=C/OC[C@H](COP(=O)(O)OCC[N+](C)(C)C)OC(=O)CCC/C=C/CCCCCCCCCCCCCCCCCCCC. The minimum Gasteiger partial charge on any atom is -0.498 e. The number of ether oxygens (including phenoxy) is 2. The summed E-state index contributed by atoms with van der Waals surface area (Å²) < 4.78 is 34.9. The molecule has 8 nitrogen and oxygen atoms in total. The minimum atomic E-state index is -4.30. The second-order valence-electron chi connectivity index (χ2n) is 19.7. The van der Waals surface area contributed by atoms with Crippen LogP contribution in [0.4, 0.5) is 0 Å². The maximum absolute atomic E-state index is 12.7. The van der Waals surface area contributed by atoms with Crippen LogP contribution in [0.2, 0.25) is 0 Å². The van der Waals surface area contributed by atoms with Gasteiger partial charge >= 0.3 is 13.8 Å². The van der Waals surface area contributed by atoms with Crippen LogP contribution >= 0.6 is 7.82 Å². The van der Waals surface area contributed by atoms with E-state index in [1.165, 1.54) is 212 Å². The molecule has 9 heteroatoms. The molecule has 2 atom stereocenters. The number of unbranched alkanes of at least 4 members (excludes halogenated alkanes) is 35. The first-order valence-electron chi connectivity index (χ1n) is 27.1. The molecule has 374 valence electrons. The number of phosphoric ester groups is 1. The molecule has 0 bridgehead atoms. The van der Waals surface area contributed by atoms with Gasteiger partial charge in [-0.25, -0.2) is 4.57 Å². The summed E-state index contributed by atoms with van der Waals surface area (Å²) in [6, 6.07) is 0. The Bertz CT molecular complexity index is 1060. The molecule has 0 aliphatic rings. The monoisotopic (exact) mass is 913 g/mol. The first-order chi connectivity index (χ1) is 30.6. The number of hydrogen-bond donors (Lipinski definition) is 1. The summed E-state index contributed by atoms with van der Waals surface area (Å²) >= 11 is 0. The number of esters is 1. The van der Waals surface area contributed by atoms with Gasteiger partial charge in [-0.1, -0.05) is 231 Å². The lowest BCUT2D eigenvalue weighted by molar-refractivity contribution is -0.870. The molecule has 0 spiro atoms. The van der Waals surface area contributed by atoms with Crippen molar-refractivity contribution in [1.82, 2.24) is 0 Å². The van der Waals surface area contributed by atoms with E-state index in [-0.39, 0.29) is 32.2 Å². The molecular formula is C54H107NO7P+. The highest BCUT2D eigenvalue weighted by molar-refractivity contribution is 7.47. The van der Waals surface area contributed by atoms with Crippen LogP contribution in [0.25, 0.3) is 0 Å². The fraction of sp³-hybridized carbons (Fsp3) is 0.907. The van der Waals surface area contributed by atoms with Crippen LogP contribution in [0, 0.1) is 0 Å². The second kappa shape index (κ2) is 47.3. The molecule has 0 aromatic rings. The third kappa shape index (κ3) is 51.7. The van der Waals surface area contributed by atoms with E-state index < -0.39 is 13.9 Å². The molecule has 0 fully saturated rings. The molecular weight excluding hydrogens is 806 g/mol. The number of likely N-dealkylation sites (N-methyl/N-ethyl adjacent to an activating group) is 1. The van der Waals surface area contributed by atoms with Gasteiger partial charge in [-0.05, 0) is 44.6 Å². The second-order valence-corrected chi connectivity index (χ2v) is 21.1. The van der Waals surface area contributed by atoms with Crippen molar-refractivity contribution in [3.8, 4) is 0 Å². The van der Waals surface area contributed by atoms with Gasteiger partial charge in [0, 0.05) is 6.42 Å². The summed E-state index contributed by atoms with van der Waals surface area (Å²) in [5.41, 5.74) is 0. The summed E-state index contributed by atoms with van der Waals surface area (Å²) in [5.74, 6) is -0.361. The van der Waals surface area contributed by atoms with E-state index in [1.807, 2.05) is 27.2 Å². The van der Waals surface area contributed by atoms with Crippen LogP contribution < -0.4 is 0 Å². The maximum Gasteiger partial charge on any atom is 0.472 e. The Morgan fingerprint density at radius 2 is 0.841 bits per heavy atom. The van der Waals surface area contributed by atoms with Crippen molar-refractivity contribution in [2.24, 2.45) is 0 Å². The summed E-state index contributed by atoms with van der Waals surface area (Å²) in [7, 11) is 1.63. The van der Waals surface area contributed by atoms with Crippen LogP contribution in [0.5, 0.6) is 0 Å². The molecule has 0 amide bonds. The van der Waals surface area contributed by atoms with E-state index in [9.17, 15) is 14.3 Å². The first kappa shape index (κ1) is 61.8. The average molecular weight is 913 g/mol. The fourth-order valence-corrected chi connectivity index (χ4v) is 8.62. The van der Waals surface area contributed by atoms with E-state index in [4.69, 9.17) is 18.5 Å². The van der Waals surface area contributed by atoms with Crippen molar-refractivity contribution in [2.45, 2.75) is 270 Å². The lowest BCUT2D eigenvalue weighted by atomic mass is 10.0. The highest BCUT2D eigenvalue weighted by Crippen LogP contribution is 2.43. The van der Waals surface area contributed by atoms with Gasteiger partial charge in [0.15, 0.2) is 6.10 Å². The van der Waals surface area contributed by atoms with Crippen LogP contribution in [-0.2, 0) is 27.9 Å². The average Bonchev–Trinajstić information content (AvgIpc) is 3.24. The Labute approximate surface area is 392 Å². The number of carbonyl (C=O) groups is 1. The summed E-state index contributed by atoms with van der Waals surface area (Å²) in [6.45, 7) is 4.95. The zero-order valence-corrected chi connectivity index (χ0v) is 43.5. The topological polar surface area (TPSA) is 91.3 Å². The number of carbonyl (C=O) groups excluding carboxylic acids is 1. The summed E-state index contributed by atoms with van der Waals surface area (Å²) in [4.78, 5) is 23.0. The summed E-state index contributed by atoms with van der Waals surface area (Å²) in [5, 5.41) is 0. The number of nitrogens with zero attached hydrogens (tertiary/aromatic N) is 1. The van der Waals surface area contributed by atoms with Crippen molar-refractivity contribution in [1.29, 1.82) is 0 Å². The van der Waals surface area contributed by atoms with E-state index in [2.05, 4.69) is 26.0 Å². The molecule has 0 aliphatic heterocycles. The number of phosphoric acid groups is 1. The van der Waals surface area contributed by atoms with Crippen molar-refractivity contribution in [3.63, 3.8) is 0 Å². The van der Waals surface area contributed by atoms with Crippen LogP contribution in [-0.4, -0.2) is 69.0 Å². The van der Waals surface area contributed by atoms with Crippen molar-refractivity contribution < 1.29 is 37.3 Å². The zero-order valence-electron chi connectivity index (χ0n) is 42.6. The fourth-order valence-electron chi connectivity index (χ4n) is 7.88. The van der Waals surface area contributed by atoms with Crippen LogP contribution in [0.3, 0.4) is 0 Å². The van der Waals surface area contributed by atoms with Gasteiger partial charge in [-0.2, -0.15) is 0 Å². The molecule has 0 saturated carbocycles. The Hall–Kier alpha value is -1.18. The van der Waals surface area contributed by atoms with Crippen molar-refractivity contribution >= 4 is 13.8 Å². The molecule has 1 unspecified atom stereocenters. The van der Waals surface area contributed by atoms with Gasteiger partial charge in [0.1, 0.15) is 19.8 Å². The van der Waals surface area contributed by atoms with Gasteiger partial charge in [0.05, 0.1) is 34.0 Å². The molecule has 0 aromatic carbocycles. The molecule has 0 aliphatic carbocycles. The quantitative estimate of drug-likeness (QED) is 0.0162. The molecule has 0 heterocycles. The van der Waals surface area contributed by atoms with Gasteiger partial charge in [-0.3, -0.25) is 13.8 Å². The molecule has 0 radical (unpaired) electrons. The third-order valence-corrected chi connectivity index (χ3v) is 13.1. The van der Waals surface area contributed by atoms with Gasteiger partial charge in [-0.15, -0.1) is 0 Å². The number of hydrogen-bond acceptors (Lipinski definition) is 6. The Morgan fingerprint density at radius 3 is 1.22 bits per heavy atom. The molecule has 0 saturated heterocycles. The highest BCUT2D eigenvalue weighted by atomic mass is 31.2. The molecule has 0 rings (SSSR count). The van der Waals surface area contributed by atoms with Gasteiger partial charge in [0.2, 0.25) is 0 Å². The van der Waals surface area contributed by atoms with E-state index in [0.717, 1.165) is 25.7 Å². The Kier molecular flexibility index (Phi) is 46.4. The predicted octanol–water partition coefficient (Wildman–Crippen LogP) is 17.1. The smallest absolute Gasteiger partial charge is 0.472 e. The number of allylic oxidation sites excluding steroid dienone is 3. The standard InChI is InChI=1S/C54H106NO7P/c1-6-8-10-12-14-16-18-20-22-24-26-27-28-29-30-31-33-35-37-39-41-43-45-47-54(56)62-53(52-61-63(57,58)60-50-48-55(3,4)5)51-59-49-46-44-42-40-38-36-34-32-25-23-21-19-17-15-13-11-9-7-2/h39,41,46,49,53H,6-38,40,42-45,47-48,50-52H2,1-5H3/p+1/b41-39+,49-46+/t53-/m1/s1. The highest BCUT2D eigenvalue weighted by Gasteiger charge is 2.26. The van der Waals surface area contributed by atoms with Crippen molar-refractivity contribution in [3.05, 3.63) is 24.5 Å². The maximum atomic E-state index is 12.7. The molecule has 63 heavy (non-hydrogen) atoms. The number of quaternary nitrogens is 1.